The maximum absolute atomic E-state index is 12.5. The first kappa shape index (κ1) is 24.9. The third-order valence-electron chi connectivity index (χ3n) is 6.45. The third-order valence-corrected chi connectivity index (χ3v) is 6.45. The molecule has 0 radical (unpaired) electrons. The molecule has 2 aliphatic rings. The minimum absolute atomic E-state index is 0.251. The van der Waals surface area contributed by atoms with Crippen molar-refractivity contribution in [1.29, 1.82) is 5.41 Å². The Morgan fingerprint density at radius 1 is 1.17 bits per heavy atom. The summed E-state index contributed by atoms with van der Waals surface area (Å²) in [5, 5.41) is 21.0. The van der Waals surface area contributed by atoms with E-state index in [-0.39, 0.29) is 12.2 Å². The molecule has 0 aliphatic carbocycles. The molecule has 35 heavy (non-hydrogen) atoms. The number of hydrogen-bond acceptors (Lipinski definition) is 8. The van der Waals surface area contributed by atoms with Crippen LogP contribution >= 0.6 is 0 Å². The number of β-amino-alcohol motifs (C(OH)–C–C–N with tert-alkyl or cyclic N) is 1. The van der Waals surface area contributed by atoms with Crippen molar-refractivity contribution in [1.82, 2.24) is 14.9 Å². The van der Waals surface area contributed by atoms with Gasteiger partial charge in [0.05, 0.1) is 6.10 Å². The lowest BCUT2D eigenvalue weighted by molar-refractivity contribution is 0.0204. The average Bonchev–Trinajstić information content (AvgIpc) is 2.76. The number of carbonyl (C=O) groups excluding carboxylic acids is 1. The van der Waals surface area contributed by atoms with Gasteiger partial charge < -0.3 is 30.4 Å². The highest BCUT2D eigenvalue weighted by Crippen LogP contribution is 2.35. The number of aryl methyl sites for hydroxylation is 2. The molecule has 0 atom stereocenters. The number of benzene rings is 1. The lowest BCUT2D eigenvalue weighted by Crippen LogP contribution is -2.51. The number of nitrogens with one attached hydrogen (secondary N) is 2. The van der Waals surface area contributed by atoms with Crippen LogP contribution in [0.2, 0.25) is 0 Å². The van der Waals surface area contributed by atoms with Crippen LogP contribution in [0.25, 0.3) is 0 Å². The maximum Gasteiger partial charge on any atom is 0.410 e. The summed E-state index contributed by atoms with van der Waals surface area (Å²) >= 11 is 0. The Kier molecular flexibility index (Phi) is 6.98. The molecule has 0 saturated carbocycles. The fourth-order valence-corrected chi connectivity index (χ4v) is 4.67. The van der Waals surface area contributed by atoms with Crippen LogP contribution in [-0.4, -0.2) is 70.2 Å². The van der Waals surface area contributed by atoms with Crippen molar-refractivity contribution in [2.24, 2.45) is 0 Å². The number of anilines is 3. The molecular formula is C26H36N6O3. The summed E-state index contributed by atoms with van der Waals surface area (Å²) in [6.07, 6.45) is 2.51. The van der Waals surface area contributed by atoms with Crippen LogP contribution in [0.1, 0.15) is 62.0 Å². The molecule has 2 aliphatic heterocycles. The topological polar surface area (TPSA) is 115 Å². The monoisotopic (exact) mass is 480 g/mol. The largest absolute Gasteiger partial charge is 0.444 e. The van der Waals surface area contributed by atoms with Crippen LogP contribution in [0.4, 0.5) is 22.1 Å². The van der Waals surface area contributed by atoms with Crippen molar-refractivity contribution in [2.45, 2.75) is 65.1 Å². The number of likely N-dealkylation sites (tertiary alicyclic amines) is 1. The van der Waals surface area contributed by atoms with Gasteiger partial charge in [0.15, 0.2) is 0 Å². The predicted molar refractivity (Wildman–Crippen MR) is 137 cm³/mol. The zero-order chi connectivity index (χ0) is 25.3. The lowest BCUT2D eigenvalue weighted by atomic mass is 9.85. The number of piperidine rings is 1. The number of amides is 1. The average molecular weight is 481 g/mol. The third kappa shape index (κ3) is 5.90. The van der Waals surface area contributed by atoms with Gasteiger partial charge >= 0.3 is 6.09 Å². The highest BCUT2D eigenvalue weighted by atomic mass is 16.6. The standard InChI is InChI=1S/C26H36N6O3/c1-16-10-19(13-27)22(30-23-12-24(29-17(2)28-23)32-14-20(33)15-32)11-21(16)18-6-8-31(9-7-18)25(34)35-26(3,4)5/h10-13,18,20,27,33H,6-9,14-15H2,1-5H3,(H,28,29,30). The zero-order valence-electron chi connectivity index (χ0n) is 21.3. The van der Waals surface area contributed by atoms with Gasteiger partial charge in [0, 0.05) is 49.7 Å². The minimum Gasteiger partial charge on any atom is -0.444 e. The number of nitrogens with zero attached hydrogens (tertiary/aromatic N) is 4. The van der Waals surface area contributed by atoms with Gasteiger partial charge in [-0.2, -0.15) is 0 Å². The van der Waals surface area contributed by atoms with Crippen LogP contribution in [-0.2, 0) is 4.74 Å². The van der Waals surface area contributed by atoms with E-state index >= 15 is 0 Å². The number of rotatable bonds is 5. The Morgan fingerprint density at radius 3 is 2.46 bits per heavy atom. The second-order valence-electron chi connectivity index (χ2n) is 10.5. The van der Waals surface area contributed by atoms with Gasteiger partial charge in [0.1, 0.15) is 23.1 Å². The number of aliphatic hydroxyl groups excluding tert-OH is 1. The Morgan fingerprint density at radius 2 is 1.86 bits per heavy atom. The molecule has 0 spiro atoms. The molecule has 9 nitrogen and oxygen atoms in total. The van der Waals surface area contributed by atoms with Gasteiger partial charge in [-0.05, 0) is 76.6 Å². The Balaban J connectivity index is 1.51. The van der Waals surface area contributed by atoms with Crippen molar-refractivity contribution < 1.29 is 14.6 Å². The van der Waals surface area contributed by atoms with Gasteiger partial charge in [-0.25, -0.2) is 14.8 Å². The molecule has 188 valence electrons. The van der Waals surface area contributed by atoms with Crippen molar-refractivity contribution in [3.8, 4) is 0 Å². The molecule has 0 unspecified atom stereocenters. The van der Waals surface area contributed by atoms with Gasteiger partial charge in [0.25, 0.3) is 0 Å². The Bertz CT molecular complexity index is 1100. The molecule has 3 heterocycles. The summed E-state index contributed by atoms with van der Waals surface area (Å²) < 4.78 is 5.53. The van der Waals surface area contributed by atoms with E-state index in [1.807, 2.05) is 44.7 Å². The van der Waals surface area contributed by atoms with Crippen LogP contribution in [0.15, 0.2) is 18.2 Å². The summed E-state index contributed by atoms with van der Waals surface area (Å²) in [5.41, 5.74) is 3.47. The molecule has 1 aromatic heterocycles. The quantitative estimate of drug-likeness (QED) is 0.551. The van der Waals surface area contributed by atoms with E-state index in [1.165, 1.54) is 11.8 Å². The predicted octanol–water partition coefficient (Wildman–Crippen LogP) is 4.13. The highest BCUT2D eigenvalue weighted by molar-refractivity contribution is 5.88. The summed E-state index contributed by atoms with van der Waals surface area (Å²) in [6, 6.07) is 6.03. The van der Waals surface area contributed by atoms with E-state index in [9.17, 15) is 9.90 Å². The van der Waals surface area contributed by atoms with Crippen molar-refractivity contribution in [2.75, 3.05) is 36.4 Å². The molecule has 3 N–H and O–H groups in total. The number of aromatic nitrogens is 2. The van der Waals surface area contributed by atoms with Crippen molar-refractivity contribution in [3.05, 3.63) is 40.7 Å². The van der Waals surface area contributed by atoms with Gasteiger partial charge in [-0.1, -0.05) is 0 Å². The zero-order valence-corrected chi connectivity index (χ0v) is 21.3. The van der Waals surface area contributed by atoms with E-state index in [1.54, 1.807) is 4.90 Å². The molecule has 2 aromatic rings. The molecule has 0 bridgehead atoms. The minimum atomic E-state index is -0.498. The smallest absolute Gasteiger partial charge is 0.410 e. The maximum atomic E-state index is 12.5. The first-order valence-corrected chi connectivity index (χ1v) is 12.2. The Hall–Kier alpha value is -3.20. The van der Waals surface area contributed by atoms with Crippen LogP contribution in [0.3, 0.4) is 0 Å². The van der Waals surface area contributed by atoms with Gasteiger partial charge in [-0.3, -0.25) is 0 Å². The molecule has 9 heteroatoms. The first-order valence-electron chi connectivity index (χ1n) is 12.2. The Labute approximate surface area is 207 Å². The normalized spacial score (nSPS) is 17.2. The number of carbonyl (C=O) groups is 1. The second kappa shape index (κ2) is 9.81. The molecule has 2 fully saturated rings. The number of ether oxygens (including phenoxy) is 1. The van der Waals surface area contributed by atoms with E-state index in [2.05, 4.69) is 28.3 Å². The van der Waals surface area contributed by atoms with Crippen LogP contribution in [0.5, 0.6) is 0 Å². The summed E-state index contributed by atoms with van der Waals surface area (Å²) in [6.45, 7) is 12.0. The van der Waals surface area contributed by atoms with Crippen molar-refractivity contribution >= 4 is 29.6 Å². The van der Waals surface area contributed by atoms with E-state index in [4.69, 9.17) is 10.1 Å². The van der Waals surface area contributed by atoms with Gasteiger partial charge in [-0.15, -0.1) is 0 Å². The molecule has 1 aromatic carbocycles. The van der Waals surface area contributed by atoms with Crippen molar-refractivity contribution in [3.63, 3.8) is 0 Å². The molecule has 2 saturated heterocycles. The van der Waals surface area contributed by atoms with Crippen LogP contribution < -0.4 is 10.2 Å². The summed E-state index contributed by atoms with van der Waals surface area (Å²) in [5.74, 6) is 2.40. The summed E-state index contributed by atoms with van der Waals surface area (Å²) in [7, 11) is 0. The fraction of sp³-hybridized carbons (Fsp3) is 0.538. The van der Waals surface area contributed by atoms with E-state index in [0.29, 0.717) is 43.7 Å². The van der Waals surface area contributed by atoms with Gasteiger partial charge in [0.2, 0.25) is 0 Å². The van der Waals surface area contributed by atoms with E-state index in [0.717, 1.165) is 35.5 Å². The highest BCUT2D eigenvalue weighted by Gasteiger charge is 2.29. The number of aliphatic hydroxyl groups is 1. The second-order valence-corrected chi connectivity index (χ2v) is 10.5. The van der Waals surface area contributed by atoms with Crippen LogP contribution in [0, 0.1) is 19.3 Å². The fourth-order valence-electron chi connectivity index (χ4n) is 4.67. The SMILES string of the molecule is Cc1nc(Nc2cc(C3CCN(C(=O)OC(C)(C)C)CC3)c(C)cc2C=N)cc(N2CC(O)C2)n1. The van der Waals surface area contributed by atoms with E-state index < -0.39 is 5.60 Å². The molecular weight excluding hydrogens is 444 g/mol. The number of hydrogen-bond donors (Lipinski definition) is 3. The molecule has 4 rings (SSSR count). The first-order chi connectivity index (χ1) is 16.5. The summed E-state index contributed by atoms with van der Waals surface area (Å²) in [4.78, 5) is 25.3. The lowest BCUT2D eigenvalue weighted by Gasteiger charge is -2.37. The molecule has 1 amide bonds.